The lowest BCUT2D eigenvalue weighted by atomic mass is 10.3. The number of fused-ring (bicyclic) bond motifs is 1. The van der Waals surface area contributed by atoms with Crippen LogP contribution in [0.15, 0.2) is 36.7 Å². The van der Waals surface area contributed by atoms with E-state index in [1.165, 1.54) is 6.33 Å². The number of nitrogen functional groups attached to an aromatic ring is 1. The summed E-state index contributed by atoms with van der Waals surface area (Å²) < 4.78 is 1.63. The number of hydrogen-bond acceptors (Lipinski definition) is 5. The molecular weight excluding hydrogens is 204 g/mol. The molecule has 0 aliphatic heterocycles. The molecule has 0 fully saturated rings. The monoisotopic (exact) mass is 212 g/mol. The molecule has 0 amide bonds. The van der Waals surface area contributed by atoms with Crippen LogP contribution in [0.1, 0.15) is 0 Å². The fourth-order valence-electron chi connectivity index (χ4n) is 1.51. The van der Waals surface area contributed by atoms with Crippen LogP contribution in [-0.4, -0.2) is 25.0 Å². The Labute approximate surface area is 90.7 Å². The number of anilines is 1. The lowest BCUT2D eigenvalue weighted by Crippen LogP contribution is -1.98. The Morgan fingerprint density at radius 1 is 1.06 bits per heavy atom. The normalized spacial score (nSPS) is 10.8. The SMILES string of the molecule is Nc1ncnc2c1nnn2-c1ccccc1. The molecule has 0 saturated heterocycles. The summed E-state index contributed by atoms with van der Waals surface area (Å²) in [4.78, 5) is 7.99. The fraction of sp³-hybridized carbons (Fsp3) is 0. The molecule has 78 valence electrons. The first-order valence-corrected chi connectivity index (χ1v) is 4.73. The van der Waals surface area contributed by atoms with Gasteiger partial charge in [-0.1, -0.05) is 23.4 Å². The average molecular weight is 212 g/mol. The van der Waals surface area contributed by atoms with Crippen molar-refractivity contribution in [2.75, 3.05) is 5.73 Å². The first kappa shape index (κ1) is 8.78. The van der Waals surface area contributed by atoms with Gasteiger partial charge in [-0.15, -0.1) is 5.10 Å². The molecule has 0 saturated carbocycles. The highest BCUT2D eigenvalue weighted by molar-refractivity contribution is 5.81. The van der Waals surface area contributed by atoms with E-state index in [0.29, 0.717) is 17.0 Å². The fourth-order valence-corrected chi connectivity index (χ4v) is 1.51. The van der Waals surface area contributed by atoms with Crippen LogP contribution in [0.3, 0.4) is 0 Å². The van der Waals surface area contributed by atoms with Crippen molar-refractivity contribution in [3.05, 3.63) is 36.7 Å². The van der Waals surface area contributed by atoms with Crippen LogP contribution in [-0.2, 0) is 0 Å². The second kappa shape index (κ2) is 3.27. The number of hydrogen-bond donors (Lipinski definition) is 1. The van der Waals surface area contributed by atoms with Gasteiger partial charge in [0, 0.05) is 0 Å². The molecule has 2 N–H and O–H groups in total. The van der Waals surface area contributed by atoms with Crippen molar-refractivity contribution in [3.8, 4) is 5.69 Å². The standard InChI is InChI=1S/C10H8N6/c11-9-8-10(13-6-12-9)16(15-14-8)7-4-2-1-3-5-7/h1-6H,(H2,11,12,13). The van der Waals surface area contributed by atoms with E-state index in [0.717, 1.165) is 5.69 Å². The minimum atomic E-state index is 0.340. The highest BCUT2D eigenvalue weighted by Crippen LogP contribution is 2.16. The summed E-state index contributed by atoms with van der Waals surface area (Å²) in [5.41, 5.74) is 7.70. The molecule has 16 heavy (non-hydrogen) atoms. The molecule has 0 aliphatic carbocycles. The minimum Gasteiger partial charge on any atom is -0.382 e. The number of rotatable bonds is 1. The van der Waals surface area contributed by atoms with Crippen molar-refractivity contribution in [2.24, 2.45) is 0 Å². The van der Waals surface area contributed by atoms with Crippen LogP contribution >= 0.6 is 0 Å². The van der Waals surface area contributed by atoms with E-state index in [1.807, 2.05) is 30.3 Å². The van der Waals surface area contributed by atoms with Crippen LogP contribution in [0, 0.1) is 0 Å². The van der Waals surface area contributed by atoms with E-state index in [9.17, 15) is 0 Å². The highest BCUT2D eigenvalue weighted by Gasteiger charge is 2.09. The largest absolute Gasteiger partial charge is 0.382 e. The summed E-state index contributed by atoms with van der Waals surface area (Å²) in [5, 5.41) is 7.97. The third kappa shape index (κ3) is 1.20. The van der Waals surface area contributed by atoms with Crippen LogP contribution in [0.2, 0.25) is 0 Å². The molecule has 0 radical (unpaired) electrons. The molecule has 6 nitrogen and oxygen atoms in total. The molecule has 2 aromatic heterocycles. The van der Waals surface area contributed by atoms with Crippen molar-refractivity contribution in [2.45, 2.75) is 0 Å². The number of nitrogens with two attached hydrogens (primary N) is 1. The van der Waals surface area contributed by atoms with Crippen LogP contribution in [0.4, 0.5) is 5.82 Å². The molecule has 1 aromatic carbocycles. The Balaban J connectivity index is 2.30. The lowest BCUT2D eigenvalue weighted by molar-refractivity contribution is 0.817. The summed E-state index contributed by atoms with van der Waals surface area (Å²) in [6.07, 6.45) is 1.40. The van der Waals surface area contributed by atoms with Crippen LogP contribution in [0.5, 0.6) is 0 Å². The molecule has 0 spiro atoms. The maximum atomic E-state index is 5.68. The molecular formula is C10H8N6. The summed E-state index contributed by atoms with van der Waals surface area (Å²) >= 11 is 0. The first-order valence-electron chi connectivity index (χ1n) is 4.73. The van der Waals surface area contributed by atoms with E-state index in [1.54, 1.807) is 4.68 Å². The summed E-state index contributed by atoms with van der Waals surface area (Å²) in [5.74, 6) is 0.340. The van der Waals surface area contributed by atoms with E-state index < -0.39 is 0 Å². The number of aromatic nitrogens is 5. The lowest BCUT2D eigenvalue weighted by Gasteiger charge is -1.99. The minimum absolute atomic E-state index is 0.340. The smallest absolute Gasteiger partial charge is 0.188 e. The van der Waals surface area contributed by atoms with Gasteiger partial charge in [0.15, 0.2) is 17.0 Å². The van der Waals surface area contributed by atoms with Crippen LogP contribution < -0.4 is 5.73 Å². The highest BCUT2D eigenvalue weighted by atomic mass is 15.4. The molecule has 0 unspecified atom stereocenters. The number of benzene rings is 1. The molecule has 0 atom stereocenters. The molecule has 2 heterocycles. The summed E-state index contributed by atoms with van der Waals surface area (Å²) in [7, 11) is 0. The van der Waals surface area contributed by atoms with E-state index in [-0.39, 0.29) is 0 Å². The zero-order valence-electron chi connectivity index (χ0n) is 8.28. The van der Waals surface area contributed by atoms with E-state index in [2.05, 4.69) is 20.3 Å². The molecule has 6 heteroatoms. The molecule has 0 aliphatic rings. The zero-order chi connectivity index (χ0) is 11.0. The quantitative estimate of drug-likeness (QED) is 0.644. The predicted octanol–water partition coefficient (Wildman–Crippen LogP) is 0.793. The Kier molecular flexibility index (Phi) is 1.79. The zero-order valence-corrected chi connectivity index (χ0v) is 8.28. The number of nitrogens with zero attached hydrogens (tertiary/aromatic N) is 5. The second-order valence-corrected chi connectivity index (χ2v) is 3.27. The van der Waals surface area contributed by atoms with Crippen molar-refractivity contribution >= 4 is 17.0 Å². The van der Waals surface area contributed by atoms with Gasteiger partial charge in [-0.05, 0) is 12.1 Å². The van der Waals surface area contributed by atoms with Gasteiger partial charge in [0.25, 0.3) is 0 Å². The third-order valence-electron chi connectivity index (χ3n) is 2.27. The van der Waals surface area contributed by atoms with Gasteiger partial charge in [-0.3, -0.25) is 0 Å². The van der Waals surface area contributed by atoms with Crippen molar-refractivity contribution in [1.29, 1.82) is 0 Å². The van der Waals surface area contributed by atoms with Gasteiger partial charge in [0.2, 0.25) is 0 Å². The van der Waals surface area contributed by atoms with Gasteiger partial charge in [0.05, 0.1) is 5.69 Å². The second-order valence-electron chi connectivity index (χ2n) is 3.27. The summed E-state index contributed by atoms with van der Waals surface area (Å²) in [6, 6.07) is 9.63. The van der Waals surface area contributed by atoms with E-state index in [4.69, 9.17) is 5.73 Å². The molecule has 3 aromatic rings. The Morgan fingerprint density at radius 2 is 1.88 bits per heavy atom. The van der Waals surface area contributed by atoms with Gasteiger partial charge in [0.1, 0.15) is 6.33 Å². The predicted molar refractivity (Wildman–Crippen MR) is 58.9 cm³/mol. The van der Waals surface area contributed by atoms with Gasteiger partial charge < -0.3 is 5.73 Å². The molecule has 3 rings (SSSR count). The van der Waals surface area contributed by atoms with Gasteiger partial charge in [-0.25, -0.2) is 9.97 Å². The average Bonchev–Trinajstić information content (AvgIpc) is 2.75. The topological polar surface area (TPSA) is 82.5 Å². The Hall–Kier alpha value is -2.50. The van der Waals surface area contributed by atoms with Crippen molar-refractivity contribution in [1.82, 2.24) is 25.0 Å². The third-order valence-corrected chi connectivity index (χ3v) is 2.27. The summed E-state index contributed by atoms with van der Waals surface area (Å²) in [6.45, 7) is 0. The van der Waals surface area contributed by atoms with Crippen molar-refractivity contribution in [3.63, 3.8) is 0 Å². The van der Waals surface area contributed by atoms with Crippen molar-refractivity contribution < 1.29 is 0 Å². The number of para-hydroxylation sites is 1. The first-order chi connectivity index (χ1) is 7.86. The maximum Gasteiger partial charge on any atom is 0.188 e. The van der Waals surface area contributed by atoms with Gasteiger partial charge in [-0.2, -0.15) is 4.68 Å². The maximum absolute atomic E-state index is 5.68. The Bertz CT molecular complexity index is 630. The Morgan fingerprint density at radius 3 is 2.69 bits per heavy atom. The van der Waals surface area contributed by atoms with E-state index >= 15 is 0 Å². The van der Waals surface area contributed by atoms with Crippen LogP contribution in [0.25, 0.3) is 16.9 Å². The molecule has 0 bridgehead atoms. The van der Waals surface area contributed by atoms with Gasteiger partial charge >= 0.3 is 0 Å².